The number of ether oxygens (including phenoxy) is 3. The predicted octanol–water partition coefficient (Wildman–Crippen LogP) is 3.04. The van der Waals surface area contributed by atoms with Gasteiger partial charge in [-0.15, -0.1) is 0 Å². The first-order valence-corrected chi connectivity index (χ1v) is 21.6. The van der Waals surface area contributed by atoms with E-state index in [1.54, 1.807) is 90.1 Å². The fourth-order valence-electron chi connectivity index (χ4n) is 6.78. The van der Waals surface area contributed by atoms with Gasteiger partial charge in [-0.05, 0) is 77.3 Å². The van der Waals surface area contributed by atoms with Gasteiger partial charge in [0.05, 0.1) is 0 Å². The lowest BCUT2D eigenvalue weighted by Gasteiger charge is -2.26. The van der Waals surface area contributed by atoms with Gasteiger partial charge in [-0.3, -0.25) is 19.2 Å². The highest BCUT2D eigenvalue weighted by atomic mass is 16.6. The Labute approximate surface area is 371 Å². The molecule has 6 amide bonds. The molecule has 1 aliphatic rings. The van der Waals surface area contributed by atoms with E-state index in [9.17, 15) is 39.0 Å². The molecule has 2 aromatic carbocycles. The second-order valence-corrected chi connectivity index (χ2v) is 18.8. The van der Waals surface area contributed by atoms with Crippen molar-refractivity contribution in [3.05, 3.63) is 71.8 Å². The number of amides is 6. The summed E-state index contributed by atoms with van der Waals surface area (Å²) in [6.45, 7) is 17.3. The molecule has 8 N–H and O–H groups in total. The summed E-state index contributed by atoms with van der Waals surface area (Å²) in [4.78, 5) is 80.1. The predicted molar refractivity (Wildman–Crippen MR) is 236 cm³/mol. The van der Waals surface area contributed by atoms with Gasteiger partial charge in [0, 0.05) is 25.9 Å². The first-order valence-electron chi connectivity index (χ1n) is 21.6. The van der Waals surface area contributed by atoms with Crippen LogP contribution in [-0.2, 0) is 46.2 Å². The van der Waals surface area contributed by atoms with Crippen molar-refractivity contribution < 1.29 is 53.2 Å². The maximum absolute atomic E-state index is 13.8. The van der Waals surface area contributed by atoms with E-state index in [1.165, 1.54) is 0 Å². The van der Waals surface area contributed by atoms with Gasteiger partial charge in [-0.2, -0.15) is 0 Å². The molecule has 0 spiro atoms. The summed E-state index contributed by atoms with van der Waals surface area (Å²) in [7, 11) is 0. The molecule has 0 saturated carbocycles. The second-order valence-electron chi connectivity index (χ2n) is 18.8. The third kappa shape index (κ3) is 18.9. The van der Waals surface area contributed by atoms with Crippen LogP contribution in [0.3, 0.4) is 0 Å². The average molecular weight is 883 g/mol. The van der Waals surface area contributed by atoms with Gasteiger partial charge < -0.3 is 56.3 Å². The number of hydrogen-bond donors (Lipinski definition) is 8. The Hall–Kier alpha value is -5.26. The van der Waals surface area contributed by atoms with Crippen LogP contribution in [0.5, 0.6) is 0 Å². The van der Waals surface area contributed by atoms with Crippen LogP contribution < -0.4 is 31.9 Å². The van der Waals surface area contributed by atoms with Crippen LogP contribution in [0.4, 0.5) is 9.59 Å². The Kier molecular flexibility index (Phi) is 19.8. The first kappa shape index (κ1) is 52.1. The molecule has 1 saturated heterocycles. The van der Waals surface area contributed by atoms with E-state index in [2.05, 4.69) is 31.9 Å². The number of hydrogen-bond acceptors (Lipinski definition) is 11. The largest absolute Gasteiger partial charge is 0.444 e. The van der Waals surface area contributed by atoms with Gasteiger partial charge in [-0.1, -0.05) is 88.4 Å². The number of carbonyl (C=O) groups is 6. The quantitative estimate of drug-likeness (QED) is 0.0962. The standard InChI is InChI=1S/C46H70N6O11/c1-27(2)21-31(51-43(59)62-45(5,6)7)41(57)49-33(23-29-17-13-11-14-18-29)39(55)47-25-35-37(53)38(54)36(61-35)26-48-40(56)34(24-30-19-15-12-16-20-30)50-42(58)32(22-28(3)4)52-44(60)63-46(8,9)10/h11-20,27-28,31-38,53-54H,21-26H2,1-10H3,(H,47,55)(H,48,56)(H,49,57)(H,50,58)(H,51,59)(H,52,60)/t31-,32+,33-,34-,35+,36+,37+,38+/m0/s1. The van der Waals surface area contributed by atoms with Gasteiger partial charge >= 0.3 is 12.2 Å². The number of benzene rings is 2. The lowest BCUT2D eigenvalue weighted by Crippen LogP contribution is -2.56. The molecule has 8 atom stereocenters. The van der Waals surface area contributed by atoms with Crippen molar-refractivity contribution in [2.24, 2.45) is 11.8 Å². The van der Waals surface area contributed by atoms with E-state index in [-0.39, 0.29) is 50.6 Å². The first-order chi connectivity index (χ1) is 29.4. The Morgan fingerprint density at radius 3 is 1.17 bits per heavy atom. The Bertz CT molecular complexity index is 1670. The minimum atomic E-state index is -1.46. The molecule has 1 fully saturated rings. The van der Waals surface area contributed by atoms with Gasteiger partial charge in [0.15, 0.2) is 0 Å². The summed E-state index contributed by atoms with van der Waals surface area (Å²) in [5.74, 6) is -2.38. The monoisotopic (exact) mass is 883 g/mol. The zero-order valence-corrected chi connectivity index (χ0v) is 38.4. The highest BCUT2D eigenvalue weighted by molar-refractivity contribution is 5.92. The van der Waals surface area contributed by atoms with Crippen molar-refractivity contribution in [3.8, 4) is 0 Å². The summed E-state index contributed by atoms with van der Waals surface area (Å²) in [6.07, 6.45) is -5.93. The molecule has 0 unspecified atom stereocenters. The fourth-order valence-corrected chi connectivity index (χ4v) is 6.78. The maximum Gasteiger partial charge on any atom is 0.408 e. The highest BCUT2D eigenvalue weighted by Gasteiger charge is 2.43. The Morgan fingerprint density at radius 2 is 0.873 bits per heavy atom. The summed E-state index contributed by atoms with van der Waals surface area (Å²) in [6, 6.07) is 13.8. The molecule has 0 aromatic heterocycles. The van der Waals surface area contributed by atoms with Crippen molar-refractivity contribution in [1.29, 1.82) is 0 Å². The molecule has 17 heteroatoms. The number of alkyl carbamates (subject to hydrolysis) is 2. The van der Waals surface area contributed by atoms with Gasteiger partial charge in [0.25, 0.3) is 0 Å². The van der Waals surface area contributed by atoms with Crippen LogP contribution >= 0.6 is 0 Å². The Balaban J connectivity index is 1.70. The summed E-state index contributed by atoms with van der Waals surface area (Å²) in [5.41, 5.74) is -0.101. The average Bonchev–Trinajstić information content (AvgIpc) is 3.44. The topological polar surface area (TPSA) is 243 Å². The van der Waals surface area contributed by atoms with Crippen molar-refractivity contribution in [1.82, 2.24) is 31.9 Å². The number of rotatable bonds is 20. The number of aliphatic hydroxyl groups is 2. The minimum absolute atomic E-state index is 0.00550. The fraction of sp³-hybridized carbons (Fsp3) is 0.609. The minimum Gasteiger partial charge on any atom is -0.444 e. The highest BCUT2D eigenvalue weighted by Crippen LogP contribution is 2.21. The zero-order valence-electron chi connectivity index (χ0n) is 38.4. The molecule has 63 heavy (non-hydrogen) atoms. The van der Waals surface area contributed by atoms with Crippen molar-refractivity contribution in [2.75, 3.05) is 13.1 Å². The third-order valence-electron chi connectivity index (χ3n) is 9.68. The zero-order chi connectivity index (χ0) is 47.1. The SMILES string of the molecule is CC(C)C[C@H](NC(=O)OC(C)(C)C)C(=O)N[C@@H](Cc1ccccc1)C(=O)NC[C@H]1O[C@H](CNC(=O)[C@H](Cc2ccccc2)NC(=O)[C@@H](CC(C)C)NC(=O)OC(C)(C)C)[C@@H](O)[C@@H]1O. The van der Waals surface area contributed by atoms with Crippen molar-refractivity contribution in [3.63, 3.8) is 0 Å². The van der Waals surface area contributed by atoms with Crippen LogP contribution in [-0.4, -0.2) is 119 Å². The normalized spacial score (nSPS) is 19.5. The Morgan fingerprint density at radius 1 is 0.540 bits per heavy atom. The molecule has 2 aromatic rings. The molecule has 1 aliphatic heterocycles. The van der Waals surface area contributed by atoms with Crippen LogP contribution in [0.2, 0.25) is 0 Å². The molecule has 1 heterocycles. The molecule has 17 nitrogen and oxygen atoms in total. The number of carbonyl (C=O) groups excluding carboxylic acids is 6. The maximum atomic E-state index is 13.8. The number of aliphatic hydroxyl groups excluding tert-OH is 2. The van der Waals surface area contributed by atoms with E-state index in [0.29, 0.717) is 0 Å². The molecule has 0 radical (unpaired) electrons. The molecule has 3 rings (SSSR count). The summed E-state index contributed by atoms with van der Waals surface area (Å²) >= 11 is 0. The number of nitrogens with one attached hydrogen (secondary N) is 6. The molecule has 350 valence electrons. The van der Waals surface area contributed by atoms with E-state index in [0.717, 1.165) is 11.1 Å². The van der Waals surface area contributed by atoms with Crippen molar-refractivity contribution in [2.45, 2.75) is 155 Å². The van der Waals surface area contributed by atoms with Crippen LogP contribution in [0.25, 0.3) is 0 Å². The van der Waals surface area contributed by atoms with Crippen LogP contribution in [0, 0.1) is 11.8 Å². The lowest BCUT2D eigenvalue weighted by molar-refractivity contribution is -0.131. The van der Waals surface area contributed by atoms with Gasteiger partial charge in [-0.25, -0.2) is 9.59 Å². The third-order valence-corrected chi connectivity index (χ3v) is 9.68. The summed E-state index contributed by atoms with van der Waals surface area (Å²) in [5, 5.41) is 38.2. The second kappa shape index (κ2) is 24.0. The molecular formula is C46H70N6O11. The smallest absolute Gasteiger partial charge is 0.408 e. The van der Waals surface area contributed by atoms with Gasteiger partial charge in [0.2, 0.25) is 23.6 Å². The molecular weight excluding hydrogens is 813 g/mol. The van der Waals surface area contributed by atoms with E-state index in [1.807, 2.05) is 39.8 Å². The van der Waals surface area contributed by atoms with E-state index in [4.69, 9.17) is 14.2 Å². The molecule has 0 aliphatic carbocycles. The van der Waals surface area contributed by atoms with E-state index < -0.39 is 95.6 Å². The van der Waals surface area contributed by atoms with Crippen LogP contribution in [0.15, 0.2) is 60.7 Å². The van der Waals surface area contributed by atoms with Gasteiger partial charge in [0.1, 0.15) is 59.8 Å². The van der Waals surface area contributed by atoms with Crippen LogP contribution in [0.1, 0.15) is 93.2 Å². The van der Waals surface area contributed by atoms with E-state index >= 15 is 0 Å². The lowest BCUT2D eigenvalue weighted by atomic mass is 10.0. The van der Waals surface area contributed by atoms with Crippen molar-refractivity contribution >= 4 is 35.8 Å². The molecule has 0 bridgehead atoms. The summed E-state index contributed by atoms with van der Waals surface area (Å²) < 4.78 is 16.7.